The highest BCUT2D eigenvalue weighted by Crippen LogP contribution is 2.27. The Morgan fingerprint density at radius 3 is 2.69 bits per heavy atom. The minimum atomic E-state index is 0.105. The molecule has 4 nitrogen and oxygen atoms in total. The number of aryl methyl sites for hydroxylation is 2. The van der Waals surface area contributed by atoms with Crippen LogP contribution in [0.3, 0.4) is 0 Å². The number of rotatable bonds is 4. The van der Waals surface area contributed by atoms with E-state index in [1.165, 1.54) is 17.5 Å². The van der Waals surface area contributed by atoms with E-state index in [1.54, 1.807) is 6.08 Å². The van der Waals surface area contributed by atoms with E-state index < -0.39 is 0 Å². The Morgan fingerprint density at radius 1 is 1.14 bits per heavy atom. The van der Waals surface area contributed by atoms with Gasteiger partial charge in [-0.25, -0.2) is 4.98 Å². The number of imidazole rings is 1. The number of likely N-dealkylation sites (tertiary alicyclic amines) is 1. The van der Waals surface area contributed by atoms with Gasteiger partial charge in [-0.2, -0.15) is 0 Å². The Morgan fingerprint density at radius 2 is 1.93 bits per heavy atom. The van der Waals surface area contributed by atoms with E-state index in [9.17, 15) is 4.79 Å². The predicted molar refractivity (Wildman–Crippen MR) is 119 cm³/mol. The first-order valence-electron chi connectivity index (χ1n) is 10.6. The summed E-state index contributed by atoms with van der Waals surface area (Å²) < 4.78 is 2.07. The van der Waals surface area contributed by atoms with Crippen molar-refractivity contribution in [2.75, 3.05) is 6.54 Å². The Labute approximate surface area is 172 Å². The van der Waals surface area contributed by atoms with Crippen molar-refractivity contribution in [2.45, 2.75) is 52.5 Å². The number of fused-ring (bicyclic) bond motifs is 1. The first-order chi connectivity index (χ1) is 14.1. The zero-order valence-electron chi connectivity index (χ0n) is 17.6. The number of carbonyl (C=O) groups is 1. The van der Waals surface area contributed by atoms with Gasteiger partial charge in [0.2, 0.25) is 5.91 Å². The number of benzene rings is 1. The highest BCUT2D eigenvalue weighted by atomic mass is 16.2. The molecule has 3 heterocycles. The van der Waals surface area contributed by atoms with Gasteiger partial charge in [-0.05, 0) is 63.3 Å². The second-order valence-corrected chi connectivity index (χ2v) is 8.07. The third-order valence-corrected chi connectivity index (χ3v) is 5.91. The molecule has 0 radical (unpaired) electrons. The monoisotopic (exact) mass is 387 g/mol. The third kappa shape index (κ3) is 3.98. The fraction of sp³-hybridized carbons (Fsp3) is 0.360. The molecule has 150 valence electrons. The van der Waals surface area contributed by atoms with Gasteiger partial charge in [0.15, 0.2) is 0 Å². The van der Waals surface area contributed by atoms with Crippen LogP contribution in [0.5, 0.6) is 0 Å². The average molecular weight is 388 g/mol. The van der Waals surface area contributed by atoms with Crippen molar-refractivity contribution in [3.05, 3.63) is 65.5 Å². The SMILES string of the molecule is CCC1CCCCN1C(=O)/C=C/c1c(-c2ccc(C)cc2)nc2cc(C)ccn12. The molecule has 4 rings (SSSR count). The molecule has 3 aromatic rings. The molecular formula is C25H29N3O. The van der Waals surface area contributed by atoms with Gasteiger partial charge in [0.25, 0.3) is 0 Å². The highest BCUT2D eigenvalue weighted by molar-refractivity contribution is 5.93. The molecule has 0 aliphatic carbocycles. The van der Waals surface area contributed by atoms with Gasteiger partial charge in [0.05, 0.1) is 11.4 Å². The maximum atomic E-state index is 13.0. The summed E-state index contributed by atoms with van der Waals surface area (Å²) in [5.41, 5.74) is 6.21. The summed E-state index contributed by atoms with van der Waals surface area (Å²) in [7, 11) is 0. The molecule has 1 aromatic carbocycles. The van der Waals surface area contributed by atoms with Crippen LogP contribution in [0.4, 0.5) is 0 Å². The van der Waals surface area contributed by atoms with Gasteiger partial charge >= 0.3 is 0 Å². The Hall–Kier alpha value is -2.88. The van der Waals surface area contributed by atoms with E-state index >= 15 is 0 Å². The van der Waals surface area contributed by atoms with Gasteiger partial charge in [-0.1, -0.05) is 36.8 Å². The van der Waals surface area contributed by atoms with Crippen LogP contribution < -0.4 is 0 Å². The van der Waals surface area contributed by atoms with Crippen LogP contribution in [0.25, 0.3) is 23.0 Å². The van der Waals surface area contributed by atoms with Crippen molar-refractivity contribution in [2.24, 2.45) is 0 Å². The molecule has 0 saturated carbocycles. The fourth-order valence-corrected chi connectivity index (χ4v) is 4.21. The normalized spacial score (nSPS) is 17.3. The van der Waals surface area contributed by atoms with Gasteiger partial charge in [0, 0.05) is 30.4 Å². The minimum Gasteiger partial charge on any atom is -0.336 e. The van der Waals surface area contributed by atoms with Gasteiger partial charge < -0.3 is 4.90 Å². The van der Waals surface area contributed by atoms with E-state index in [0.29, 0.717) is 6.04 Å². The van der Waals surface area contributed by atoms with E-state index in [4.69, 9.17) is 4.98 Å². The van der Waals surface area contributed by atoms with Crippen LogP contribution in [0.15, 0.2) is 48.7 Å². The number of hydrogen-bond donors (Lipinski definition) is 0. The van der Waals surface area contributed by atoms with Gasteiger partial charge in [0.1, 0.15) is 5.65 Å². The van der Waals surface area contributed by atoms with Crippen LogP contribution in [0.2, 0.25) is 0 Å². The zero-order chi connectivity index (χ0) is 20.4. The molecule has 1 aliphatic rings. The largest absolute Gasteiger partial charge is 0.336 e. The Balaban J connectivity index is 1.73. The fourth-order valence-electron chi connectivity index (χ4n) is 4.21. The summed E-state index contributed by atoms with van der Waals surface area (Å²) in [6.45, 7) is 7.18. The summed E-state index contributed by atoms with van der Waals surface area (Å²) in [6.07, 6.45) is 10.1. The molecule has 4 heteroatoms. The molecule has 1 amide bonds. The third-order valence-electron chi connectivity index (χ3n) is 5.91. The summed E-state index contributed by atoms with van der Waals surface area (Å²) in [5, 5.41) is 0. The second-order valence-electron chi connectivity index (χ2n) is 8.07. The van der Waals surface area contributed by atoms with E-state index in [2.05, 4.69) is 61.6 Å². The van der Waals surface area contributed by atoms with Crippen molar-refractivity contribution in [3.63, 3.8) is 0 Å². The van der Waals surface area contributed by atoms with Crippen molar-refractivity contribution in [3.8, 4) is 11.3 Å². The van der Waals surface area contributed by atoms with Crippen LogP contribution >= 0.6 is 0 Å². The molecule has 0 N–H and O–H groups in total. The number of nitrogens with zero attached hydrogens (tertiary/aromatic N) is 3. The molecular weight excluding hydrogens is 358 g/mol. The zero-order valence-corrected chi connectivity index (χ0v) is 17.6. The molecule has 0 spiro atoms. The maximum Gasteiger partial charge on any atom is 0.246 e. The van der Waals surface area contributed by atoms with E-state index in [1.807, 2.05) is 17.2 Å². The topological polar surface area (TPSA) is 37.6 Å². The van der Waals surface area contributed by atoms with Crippen LogP contribution in [0.1, 0.15) is 49.4 Å². The number of amides is 1. The number of piperidine rings is 1. The molecule has 1 aliphatic heterocycles. The van der Waals surface area contributed by atoms with Gasteiger partial charge in [-0.3, -0.25) is 9.20 Å². The molecule has 1 saturated heterocycles. The van der Waals surface area contributed by atoms with Crippen LogP contribution in [-0.4, -0.2) is 32.8 Å². The first-order valence-corrected chi connectivity index (χ1v) is 10.6. The molecule has 29 heavy (non-hydrogen) atoms. The highest BCUT2D eigenvalue weighted by Gasteiger charge is 2.24. The summed E-state index contributed by atoms with van der Waals surface area (Å²) in [6, 6.07) is 12.9. The van der Waals surface area contributed by atoms with Crippen LogP contribution in [-0.2, 0) is 4.79 Å². The predicted octanol–water partition coefficient (Wildman–Crippen LogP) is 5.42. The quantitative estimate of drug-likeness (QED) is 0.560. The first kappa shape index (κ1) is 19.4. The lowest BCUT2D eigenvalue weighted by molar-refractivity contribution is -0.129. The van der Waals surface area contributed by atoms with Crippen molar-refractivity contribution < 1.29 is 4.79 Å². The standard InChI is InChI=1S/C25H29N3O/c1-4-21-7-5-6-15-27(21)24(29)13-12-22-25(20-10-8-18(2)9-11-20)26-23-17-19(3)14-16-28(22)23/h8-14,16-17,21H,4-7,15H2,1-3H3/b13-12+. The lowest BCUT2D eigenvalue weighted by atomic mass is 10.00. The molecule has 2 aromatic heterocycles. The van der Waals surface area contributed by atoms with Crippen molar-refractivity contribution >= 4 is 17.6 Å². The molecule has 1 atom stereocenters. The summed E-state index contributed by atoms with van der Waals surface area (Å²) in [4.78, 5) is 19.9. The summed E-state index contributed by atoms with van der Waals surface area (Å²) >= 11 is 0. The molecule has 1 unspecified atom stereocenters. The molecule has 0 bridgehead atoms. The lowest BCUT2D eigenvalue weighted by Gasteiger charge is -2.34. The smallest absolute Gasteiger partial charge is 0.246 e. The molecule has 1 fully saturated rings. The van der Waals surface area contributed by atoms with Crippen LogP contribution in [0, 0.1) is 13.8 Å². The second kappa shape index (κ2) is 8.24. The Bertz CT molecular complexity index is 1050. The minimum absolute atomic E-state index is 0.105. The number of aromatic nitrogens is 2. The van der Waals surface area contributed by atoms with Gasteiger partial charge in [-0.15, -0.1) is 0 Å². The number of carbonyl (C=O) groups excluding carboxylic acids is 1. The van der Waals surface area contributed by atoms with Crippen molar-refractivity contribution in [1.82, 2.24) is 14.3 Å². The van der Waals surface area contributed by atoms with E-state index in [0.717, 1.165) is 48.4 Å². The summed E-state index contributed by atoms with van der Waals surface area (Å²) in [5.74, 6) is 0.105. The van der Waals surface area contributed by atoms with Crippen molar-refractivity contribution in [1.29, 1.82) is 0 Å². The Kier molecular flexibility index (Phi) is 5.52. The maximum absolute atomic E-state index is 13.0. The number of hydrogen-bond acceptors (Lipinski definition) is 2. The van der Waals surface area contributed by atoms with E-state index in [-0.39, 0.29) is 5.91 Å². The lowest BCUT2D eigenvalue weighted by Crippen LogP contribution is -2.42. The average Bonchev–Trinajstić information content (AvgIpc) is 3.09. The number of pyridine rings is 1.